The zero-order valence-electron chi connectivity index (χ0n) is 8.99. The second kappa shape index (κ2) is 2.06. The first-order chi connectivity index (χ1) is 7.53. The van der Waals surface area contributed by atoms with Gasteiger partial charge in [-0.3, -0.25) is 4.79 Å². The maximum Gasteiger partial charge on any atom is 0.333 e. The van der Waals surface area contributed by atoms with Crippen molar-refractivity contribution in [3.05, 3.63) is 12.2 Å². The molecule has 84 valence electrons. The van der Waals surface area contributed by atoms with Crippen LogP contribution in [0.25, 0.3) is 0 Å². The highest BCUT2D eigenvalue weighted by Crippen LogP contribution is 2.94. The van der Waals surface area contributed by atoms with Gasteiger partial charge in [-0.2, -0.15) is 0 Å². The molecule has 0 N–H and O–H groups in total. The van der Waals surface area contributed by atoms with E-state index in [0.717, 1.165) is 12.8 Å². The van der Waals surface area contributed by atoms with E-state index in [1.54, 1.807) is 6.92 Å². The number of esters is 2. The van der Waals surface area contributed by atoms with Crippen LogP contribution in [0, 0.1) is 16.7 Å². The summed E-state index contributed by atoms with van der Waals surface area (Å²) in [5.74, 6) is -0.743. The second-order valence-electron chi connectivity index (χ2n) is 5.59. The molecule has 3 saturated carbocycles. The van der Waals surface area contributed by atoms with E-state index >= 15 is 0 Å². The zero-order valence-corrected chi connectivity index (χ0v) is 8.99. The van der Waals surface area contributed by atoms with Crippen molar-refractivity contribution < 1.29 is 19.1 Å². The van der Waals surface area contributed by atoms with Crippen molar-refractivity contribution in [2.75, 3.05) is 0 Å². The molecule has 16 heavy (non-hydrogen) atoms. The van der Waals surface area contributed by atoms with Crippen molar-refractivity contribution in [1.82, 2.24) is 0 Å². The van der Waals surface area contributed by atoms with Gasteiger partial charge in [0, 0.05) is 16.4 Å². The molecule has 3 aliphatic carbocycles. The van der Waals surface area contributed by atoms with E-state index in [9.17, 15) is 9.59 Å². The molecule has 4 aliphatic rings. The molecule has 0 aromatic carbocycles. The Morgan fingerprint density at radius 1 is 1.62 bits per heavy atom. The maximum atomic E-state index is 11.6. The first kappa shape index (κ1) is 8.79. The van der Waals surface area contributed by atoms with Gasteiger partial charge in [-0.25, -0.2) is 4.79 Å². The molecule has 0 aromatic heterocycles. The van der Waals surface area contributed by atoms with E-state index in [2.05, 4.69) is 6.58 Å². The summed E-state index contributed by atoms with van der Waals surface area (Å²) >= 11 is 0. The largest absolute Gasteiger partial charge is 0.461 e. The average molecular weight is 220 g/mol. The average Bonchev–Trinajstić information content (AvgIpc) is 2.54. The molecular weight excluding hydrogens is 208 g/mol. The molecule has 4 rings (SSSR count). The first-order valence-electron chi connectivity index (χ1n) is 5.60. The monoisotopic (exact) mass is 220 g/mol. The van der Waals surface area contributed by atoms with Crippen LogP contribution in [0.5, 0.6) is 0 Å². The molecule has 4 fully saturated rings. The summed E-state index contributed by atoms with van der Waals surface area (Å²) in [6.45, 7) is 5.17. The lowest BCUT2D eigenvalue weighted by atomic mass is 9.51. The summed E-state index contributed by atoms with van der Waals surface area (Å²) in [5.41, 5.74) is 0.556. The summed E-state index contributed by atoms with van der Waals surface area (Å²) < 4.78 is 10.7. The van der Waals surface area contributed by atoms with Crippen LogP contribution in [0.1, 0.15) is 19.8 Å². The van der Waals surface area contributed by atoms with Gasteiger partial charge in [-0.05, 0) is 19.8 Å². The minimum absolute atomic E-state index is 0.0735. The molecule has 0 bridgehead atoms. The molecule has 0 aromatic rings. The van der Waals surface area contributed by atoms with Crippen molar-refractivity contribution >= 4 is 11.9 Å². The van der Waals surface area contributed by atoms with Gasteiger partial charge in [0.2, 0.25) is 0 Å². The summed E-state index contributed by atoms with van der Waals surface area (Å²) in [5, 5.41) is 0. The Labute approximate surface area is 92.6 Å². The Balaban J connectivity index is 1.62. The Kier molecular flexibility index (Phi) is 1.13. The SMILES string of the molecule is C=C(C)C(=O)OC1C2C(=O)OC3CC14CC324. The Morgan fingerprint density at radius 3 is 3.06 bits per heavy atom. The summed E-state index contributed by atoms with van der Waals surface area (Å²) in [6, 6.07) is 0. The number of carbonyl (C=O) groups excluding carboxylic acids is 2. The van der Waals surface area contributed by atoms with Crippen LogP contribution in [0.2, 0.25) is 0 Å². The van der Waals surface area contributed by atoms with Gasteiger partial charge < -0.3 is 9.47 Å². The van der Waals surface area contributed by atoms with Gasteiger partial charge in [0.05, 0.1) is 0 Å². The Morgan fingerprint density at radius 2 is 2.38 bits per heavy atom. The van der Waals surface area contributed by atoms with Gasteiger partial charge in [0.15, 0.2) is 0 Å². The molecule has 5 atom stereocenters. The zero-order chi connectivity index (χ0) is 11.3. The topological polar surface area (TPSA) is 52.6 Å². The Hall–Kier alpha value is -1.32. The molecule has 0 amide bonds. The number of hydrogen-bond acceptors (Lipinski definition) is 4. The lowest BCUT2D eigenvalue weighted by Gasteiger charge is -2.53. The number of hydrogen-bond donors (Lipinski definition) is 0. The Bertz CT molecular complexity index is 464. The van der Waals surface area contributed by atoms with Gasteiger partial charge >= 0.3 is 11.9 Å². The summed E-state index contributed by atoms with van der Waals surface area (Å²) in [6.07, 6.45) is 1.74. The van der Waals surface area contributed by atoms with Crippen LogP contribution in [-0.2, 0) is 19.1 Å². The van der Waals surface area contributed by atoms with Crippen LogP contribution in [0.4, 0.5) is 0 Å². The highest BCUT2D eigenvalue weighted by molar-refractivity contribution is 5.89. The second-order valence-corrected chi connectivity index (χ2v) is 5.59. The van der Waals surface area contributed by atoms with Crippen molar-refractivity contribution in [2.24, 2.45) is 16.7 Å². The summed E-state index contributed by atoms with van der Waals surface area (Å²) in [7, 11) is 0. The molecule has 4 heteroatoms. The fourth-order valence-electron chi connectivity index (χ4n) is 4.24. The smallest absolute Gasteiger partial charge is 0.333 e. The molecule has 0 radical (unpaired) electrons. The highest BCUT2D eigenvalue weighted by Gasteiger charge is 3.00. The summed E-state index contributed by atoms with van der Waals surface area (Å²) in [4.78, 5) is 23.1. The molecule has 4 nitrogen and oxygen atoms in total. The third kappa shape index (κ3) is 0.579. The quantitative estimate of drug-likeness (QED) is 0.510. The van der Waals surface area contributed by atoms with Crippen molar-refractivity contribution in [1.29, 1.82) is 0 Å². The lowest BCUT2D eigenvalue weighted by Crippen LogP contribution is -2.62. The van der Waals surface area contributed by atoms with Gasteiger partial charge in [0.1, 0.15) is 18.1 Å². The van der Waals surface area contributed by atoms with Crippen LogP contribution < -0.4 is 0 Å². The number of ether oxygens (including phenoxy) is 2. The minimum atomic E-state index is -0.386. The molecule has 1 heterocycles. The normalized spacial score (nSPS) is 53.8. The van der Waals surface area contributed by atoms with Crippen molar-refractivity contribution in [3.8, 4) is 0 Å². The maximum absolute atomic E-state index is 11.6. The van der Waals surface area contributed by atoms with E-state index in [-0.39, 0.29) is 40.9 Å². The van der Waals surface area contributed by atoms with Gasteiger partial charge in [0.25, 0.3) is 0 Å². The third-order valence-corrected chi connectivity index (χ3v) is 5.03. The van der Waals surface area contributed by atoms with Crippen LogP contribution in [-0.4, -0.2) is 24.1 Å². The first-order valence-corrected chi connectivity index (χ1v) is 5.60. The van der Waals surface area contributed by atoms with E-state index < -0.39 is 0 Å². The van der Waals surface area contributed by atoms with Crippen LogP contribution >= 0.6 is 0 Å². The number of rotatable bonds is 2. The van der Waals surface area contributed by atoms with Crippen molar-refractivity contribution in [2.45, 2.75) is 32.0 Å². The van der Waals surface area contributed by atoms with E-state index in [1.165, 1.54) is 0 Å². The molecule has 1 aliphatic heterocycles. The lowest BCUT2D eigenvalue weighted by molar-refractivity contribution is -0.192. The third-order valence-electron chi connectivity index (χ3n) is 5.03. The number of carbonyl (C=O) groups is 2. The van der Waals surface area contributed by atoms with Gasteiger partial charge in [-0.15, -0.1) is 0 Å². The van der Waals surface area contributed by atoms with E-state index in [4.69, 9.17) is 9.47 Å². The highest BCUT2D eigenvalue weighted by atomic mass is 16.6. The van der Waals surface area contributed by atoms with Crippen LogP contribution in [0.15, 0.2) is 12.2 Å². The van der Waals surface area contributed by atoms with Gasteiger partial charge in [-0.1, -0.05) is 6.58 Å². The minimum Gasteiger partial charge on any atom is -0.461 e. The molecule has 5 unspecified atom stereocenters. The molecular formula is C12H12O4. The molecule has 1 saturated heterocycles. The predicted octanol–water partition coefficient (Wildman–Crippen LogP) is 0.810. The van der Waals surface area contributed by atoms with Crippen LogP contribution in [0.3, 0.4) is 0 Å². The van der Waals surface area contributed by atoms with E-state index in [1.807, 2.05) is 0 Å². The molecule has 1 spiro atoms. The van der Waals surface area contributed by atoms with Crippen molar-refractivity contribution in [3.63, 3.8) is 0 Å². The fraction of sp³-hybridized carbons (Fsp3) is 0.667. The fourth-order valence-corrected chi connectivity index (χ4v) is 4.24. The van der Waals surface area contributed by atoms with E-state index in [0.29, 0.717) is 5.57 Å². The standard InChI is InChI=1S/C12H12O4/c1-5(2)9(13)16-8-7-10(14)15-6-3-11(8)4-12(6,7)11/h6-8H,1,3-4H2,2H3. The predicted molar refractivity (Wildman–Crippen MR) is 52.2 cm³/mol.